The molecule has 0 saturated heterocycles. The summed E-state index contributed by atoms with van der Waals surface area (Å²) in [4.78, 5) is 9.56. The molecule has 4 aromatic heterocycles. The third kappa shape index (κ3) is 15.5. The summed E-state index contributed by atoms with van der Waals surface area (Å²) in [7, 11) is 0. The van der Waals surface area contributed by atoms with Gasteiger partial charge in [-0.15, -0.1) is 45.3 Å². The van der Waals surface area contributed by atoms with Gasteiger partial charge in [-0.1, -0.05) is 28.8 Å². The number of rotatable bonds is 30. The van der Waals surface area contributed by atoms with Crippen molar-refractivity contribution < 1.29 is 42.6 Å². The van der Waals surface area contributed by atoms with Crippen LogP contribution >= 0.6 is 61.3 Å². The molecule has 300 valence electrons. The van der Waals surface area contributed by atoms with Crippen molar-refractivity contribution in [1.82, 2.24) is 0 Å². The molecule has 4 heterocycles. The lowest BCUT2D eigenvalue weighted by molar-refractivity contribution is -0.00792. The van der Waals surface area contributed by atoms with Crippen LogP contribution in [-0.2, 0) is 33.2 Å². The molecule has 1 aliphatic carbocycles. The molecule has 0 bridgehead atoms. The Hall–Kier alpha value is -1.40. The molecule has 14 heteroatoms. The van der Waals surface area contributed by atoms with Crippen LogP contribution in [0.5, 0.6) is 11.5 Å². The molecule has 9 nitrogen and oxygen atoms in total. The second-order valence-corrected chi connectivity index (χ2v) is 18.2. The number of aryl methyl sites for hydroxylation is 2. The van der Waals surface area contributed by atoms with Gasteiger partial charge in [0.1, 0.15) is 24.7 Å². The minimum Gasteiger partial charge on any atom is -0.490 e. The van der Waals surface area contributed by atoms with E-state index in [1.165, 1.54) is 54.9 Å². The van der Waals surface area contributed by atoms with Crippen LogP contribution in [-0.4, -0.2) is 111 Å². The average molecular weight is 888 g/mol. The highest BCUT2D eigenvalue weighted by Crippen LogP contribution is 2.49. The maximum Gasteiger partial charge on any atom is 0.139 e. The smallest absolute Gasteiger partial charge is 0.139 e. The lowest BCUT2D eigenvalue weighted by Gasteiger charge is -2.10. The fourth-order valence-corrected chi connectivity index (χ4v) is 10.3. The predicted octanol–water partition coefficient (Wildman–Crippen LogP) is 10.0. The zero-order valence-corrected chi connectivity index (χ0v) is 36.4. The number of halogens is 1. The minimum absolute atomic E-state index is 0.464. The van der Waals surface area contributed by atoms with E-state index in [9.17, 15) is 0 Å². The van der Waals surface area contributed by atoms with Gasteiger partial charge in [-0.25, -0.2) is 0 Å². The fourth-order valence-electron chi connectivity index (χ4n) is 5.80. The zero-order valence-electron chi connectivity index (χ0n) is 31.6. The van der Waals surface area contributed by atoms with Gasteiger partial charge in [0.05, 0.1) is 95.6 Å². The van der Waals surface area contributed by atoms with Crippen molar-refractivity contribution in [3.05, 3.63) is 46.2 Å². The Morgan fingerprint density at radius 1 is 0.481 bits per heavy atom. The highest BCUT2D eigenvalue weighted by atomic mass is 79.9. The molecule has 1 saturated carbocycles. The summed E-state index contributed by atoms with van der Waals surface area (Å²) in [6.45, 7) is 13.4. The number of ether oxygens (including phenoxy) is 9. The van der Waals surface area contributed by atoms with Crippen molar-refractivity contribution in [2.75, 3.05) is 111 Å². The molecule has 0 unspecified atom stereocenters. The van der Waals surface area contributed by atoms with Gasteiger partial charge in [0.25, 0.3) is 0 Å². The lowest BCUT2D eigenvalue weighted by atomic mass is 10.1. The summed E-state index contributed by atoms with van der Waals surface area (Å²) < 4.78 is 52.0. The summed E-state index contributed by atoms with van der Waals surface area (Å²) >= 11 is 10.4. The first-order valence-corrected chi connectivity index (χ1v) is 23.3. The molecule has 0 aliphatic heterocycles. The first kappa shape index (κ1) is 43.7. The summed E-state index contributed by atoms with van der Waals surface area (Å²) in [5.41, 5.74) is 0. The first-order valence-electron chi connectivity index (χ1n) is 18.9. The van der Waals surface area contributed by atoms with E-state index in [0.29, 0.717) is 99.1 Å². The summed E-state index contributed by atoms with van der Waals surface area (Å²) in [5.74, 6) is 2.54. The molecule has 0 N–H and O–H groups in total. The molecule has 0 atom stereocenters. The van der Waals surface area contributed by atoms with Crippen molar-refractivity contribution in [1.29, 1.82) is 0 Å². The Morgan fingerprint density at radius 2 is 0.963 bits per heavy atom. The Kier molecular flexibility index (Phi) is 20.9. The molecule has 0 aromatic carbocycles. The normalized spacial score (nSPS) is 13.4. The van der Waals surface area contributed by atoms with Gasteiger partial charge in [0, 0.05) is 47.3 Å². The molecular formula is C40H55BrO9S4. The minimum atomic E-state index is 0.464. The van der Waals surface area contributed by atoms with E-state index in [0.717, 1.165) is 39.1 Å². The highest BCUT2D eigenvalue weighted by Gasteiger charge is 2.19. The number of hydrogen-bond donors (Lipinski definition) is 0. The Labute approximate surface area is 345 Å². The van der Waals surface area contributed by atoms with Crippen LogP contribution in [0.1, 0.15) is 35.4 Å². The van der Waals surface area contributed by atoms with E-state index >= 15 is 0 Å². The van der Waals surface area contributed by atoms with Crippen LogP contribution in [0.3, 0.4) is 0 Å². The Balaban J connectivity index is 1.02. The molecule has 1 aliphatic rings. The van der Waals surface area contributed by atoms with E-state index in [1.807, 2.05) is 0 Å². The van der Waals surface area contributed by atoms with E-state index in [2.05, 4.69) is 66.2 Å². The van der Waals surface area contributed by atoms with Gasteiger partial charge < -0.3 is 42.6 Å². The number of thiophene rings is 4. The van der Waals surface area contributed by atoms with Crippen molar-refractivity contribution in [3.63, 3.8) is 0 Å². The summed E-state index contributed by atoms with van der Waals surface area (Å²) in [6.07, 6.45) is 5.32. The highest BCUT2D eigenvalue weighted by molar-refractivity contribution is 9.09. The van der Waals surface area contributed by atoms with Crippen molar-refractivity contribution in [2.45, 2.75) is 39.5 Å². The molecule has 54 heavy (non-hydrogen) atoms. The largest absolute Gasteiger partial charge is 0.490 e. The van der Waals surface area contributed by atoms with Crippen molar-refractivity contribution in [3.8, 4) is 40.8 Å². The average Bonchev–Trinajstić information content (AvgIpc) is 4.02. The zero-order chi connectivity index (χ0) is 37.6. The van der Waals surface area contributed by atoms with Gasteiger partial charge in [-0.3, -0.25) is 0 Å². The van der Waals surface area contributed by atoms with Crippen LogP contribution in [0.25, 0.3) is 29.3 Å². The SMILES string of the molecule is Cc1ccc(-c2sc(-c3ccc(-c4sc(C)cc4OCCOCCOCCOCCBr)s3)cc2OCCOCCOCCOCCOCC2CCCC2)s1. The second-order valence-electron chi connectivity index (χ2n) is 12.7. The van der Waals surface area contributed by atoms with E-state index in [1.54, 1.807) is 45.3 Å². The number of alkyl halides is 1. The van der Waals surface area contributed by atoms with Crippen LogP contribution in [0.2, 0.25) is 0 Å². The van der Waals surface area contributed by atoms with E-state index in [-0.39, 0.29) is 0 Å². The molecule has 0 spiro atoms. The van der Waals surface area contributed by atoms with Crippen molar-refractivity contribution >= 4 is 61.3 Å². The summed E-state index contributed by atoms with van der Waals surface area (Å²) in [6, 6.07) is 13.0. The maximum absolute atomic E-state index is 6.33. The molecule has 4 aromatic rings. The monoisotopic (exact) mass is 886 g/mol. The van der Waals surface area contributed by atoms with Crippen LogP contribution in [0.4, 0.5) is 0 Å². The molecular weight excluding hydrogens is 833 g/mol. The third-order valence-corrected chi connectivity index (χ3v) is 13.5. The molecule has 0 amide bonds. The topological polar surface area (TPSA) is 83.1 Å². The molecule has 5 rings (SSSR count). The number of hydrogen-bond acceptors (Lipinski definition) is 13. The van der Waals surface area contributed by atoms with Crippen LogP contribution in [0.15, 0.2) is 36.4 Å². The van der Waals surface area contributed by atoms with Crippen molar-refractivity contribution in [2.24, 2.45) is 5.92 Å². The van der Waals surface area contributed by atoms with E-state index < -0.39 is 0 Å². The molecule has 1 fully saturated rings. The maximum atomic E-state index is 6.33. The van der Waals surface area contributed by atoms with Gasteiger partial charge >= 0.3 is 0 Å². The Morgan fingerprint density at radius 3 is 1.54 bits per heavy atom. The first-order chi connectivity index (χ1) is 26.6. The lowest BCUT2D eigenvalue weighted by Crippen LogP contribution is -2.14. The van der Waals surface area contributed by atoms with Gasteiger partial charge in [-0.2, -0.15) is 0 Å². The van der Waals surface area contributed by atoms with E-state index in [4.69, 9.17) is 42.6 Å². The standard InChI is InChI=1S/C40H55BrO9S4/c1-30-7-8-36(51-30)40-34(50-26-24-47-20-18-44-15-16-45-21-22-48-29-32-5-3-4-6-32)28-38(54-40)35-9-10-37(53-35)39-33(27-31(2)52-39)49-25-23-46-19-17-43-14-13-42-12-11-41/h7-10,27-28,32H,3-6,11-26,29H2,1-2H3. The molecule has 0 radical (unpaired) electrons. The van der Waals surface area contributed by atoms with Gasteiger partial charge in [0.2, 0.25) is 0 Å². The van der Waals surface area contributed by atoms with Gasteiger partial charge in [0.15, 0.2) is 0 Å². The van der Waals surface area contributed by atoms with Crippen LogP contribution in [0, 0.1) is 19.8 Å². The predicted molar refractivity (Wildman–Crippen MR) is 226 cm³/mol. The second kappa shape index (κ2) is 25.8. The third-order valence-electron chi connectivity index (χ3n) is 8.44. The quantitative estimate of drug-likeness (QED) is 0.0376. The van der Waals surface area contributed by atoms with Crippen LogP contribution < -0.4 is 9.47 Å². The fraction of sp³-hybridized carbons (Fsp3) is 0.600. The summed E-state index contributed by atoms with van der Waals surface area (Å²) in [5, 5.41) is 0.834. The Bertz CT molecular complexity index is 1580. The van der Waals surface area contributed by atoms with Gasteiger partial charge in [-0.05, 0) is 62.9 Å².